The zero-order valence-corrected chi connectivity index (χ0v) is 14.3. The van der Waals surface area contributed by atoms with Gasteiger partial charge in [-0.25, -0.2) is 15.0 Å². The minimum Gasteiger partial charge on any atom is -0.398 e. The molecule has 0 radical (unpaired) electrons. The van der Waals surface area contributed by atoms with Crippen LogP contribution in [0.15, 0.2) is 36.9 Å². The van der Waals surface area contributed by atoms with Crippen LogP contribution in [0.3, 0.4) is 0 Å². The Hall–Kier alpha value is -2.79. The van der Waals surface area contributed by atoms with Crippen molar-refractivity contribution in [1.29, 1.82) is 0 Å². The summed E-state index contributed by atoms with van der Waals surface area (Å²) in [6.45, 7) is 0.0567. The van der Waals surface area contributed by atoms with Gasteiger partial charge in [0.25, 0.3) is 0 Å². The summed E-state index contributed by atoms with van der Waals surface area (Å²) in [6, 6.07) is 7.51. The first-order valence-electron chi connectivity index (χ1n) is 8.47. The van der Waals surface area contributed by atoms with Gasteiger partial charge in [-0.05, 0) is 11.6 Å². The third-order valence-electron chi connectivity index (χ3n) is 4.65. The van der Waals surface area contributed by atoms with E-state index in [9.17, 15) is 15.3 Å². The molecule has 4 atom stereocenters. The summed E-state index contributed by atoms with van der Waals surface area (Å²) in [7, 11) is 0. The Morgan fingerprint density at radius 3 is 2.70 bits per heavy atom. The predicted octanol–water partition coefficient (Wildman–Crippen LogP) is -0.368. The molecule has 10 heteroatoms. The van der Waals surface area contributed by atoms with Crippen molar-refractivity contribution in [3.05, 3.63) is 42.5 Å². The maximum absolute atomic E-state index is 10.2. The zero-order chi connectivity index (χ0) is 19.0. The minimum absolute atomic E-state index is 0.401. The lowest BCUT2D eigenvalue weighted by Crippen LogP contribution is -2.33. The van der Waals surface area contributed by atoms with Crippen LogP contribution in [-0.2, 0) is 11.3 Å². The summed E-state index contributed by atoms with van der Waals surface area (Å²) in [5.74, 6) is 0.508. The lowest BCUT2D eigenvalue weighted by atomic mass is 10.1. The number of aliphatic hydroxyl groups excluding tert-OH is 3. The van der Waals surface area contributed by atoms with Crippen LogP contribution in [-0.4, -0.2) is 59.8 Å². The number of nitrogens with two attached hydrogens (primary N) is 1. The summed E-state index contributed by atoms with van der Waals surface area (Å²) < 4.78 is 7.06. The second kappa shape index (κ2) is 7.08. The van der Waals surface area contributed by atoms with Crippen molar-refractivity contribution in [2.45, 2.75) is 31.1 Å². The Morgan fingerprint density at radius 2 is 1.96 bits per heavy atom. The first-order chi connectivity index (χ1) is 13.1. The second-order valence-corrected chi connectivity index (χ2v) is 6.33. The Kier molecular flexibility index (Phi) is 4.62. The molecule has 1 aliphatic rings. The van der Waals surface area contributed by atoms with E-state index in [4.69, 9.17) is 10.5 Å². The lowest BCUT2D eigenvalue weighted by molar-refractivity contribution is -0.0511. The molecule has 0 bridgehead atoms. The first kappa shape index (κ1) is 17.6. The smallest absolute Gasteiger partial charge is 0.167 e. The van der Waals surface area contributed by atoms with Gasteiger partial charge in [-0.2, -0.15) is 0 Å². The number of hydrogen-bond donors (Lipinski definition) is 5. The summed E-state index contributed by atoms with van der Waals surface area (Å²) in [6.07, 6.45) is -1.36. The number of fused-ring (bicyclic) bond motifs is 1. The van der Waals surface area contributed by atoms with Crippen LogP contribution < -0.4 is 11.1 Å². The van der Waals surface area contributed by atoms with Gasteiger partial charge in [0.2, 0.25) is 0 Å². The Labute approximate surface area is 154 Å². The highest BCUT2D eigenvalue weighted by Gasteiger charge is 2.44. The SMILES string of the molecule is Nc1ccccc1CNc1ncnc2c1ncn2C1O[C@H](CO)[C@@H](O)[C@@H]1O. The van der Waals surface area contributed by atoms with E-state index in [-0.39, 0.29) is 0 Å². The van der Waals surface area contributed by atoms with Crippen LogP contribution in [0.4, 0.5) is 11.5 Å². The molecule has 0 spiro atoms. The average molecular weight is 372 g/mol. The molecule has 142 valence electrons. The van der Waals surface area contributed by atoms with Crippen molar-refractivity contribution in [2.75, 3.05) is 17.7 Å². The Balaban J connectivity index is 1.61. The molecule has 1 aromatic carbocycles. The third kappa shape index (κ3) is 3.08. The maximum Gasteiger partial charge on any atom is 0.167 e. The molecule has 4 rings (SSSR count). The predicted molar refractivity (Wildman–Crippen MR) is 96.5 cm³/mol. The van der Waals surface area contributed by atoms with Gasteiger partial charge in [-0.1, -0.05) is 18.2 Å². The highest BCUT2D eigenvalue weighted by atomic mass is 16.6. The molecule has 3 heterocycles. The van der Waals surface area contributed by atoms with Crippen LogP contribution >= 0.6 is 0 Å². The average Bonchev–Trinajstić information content (AvgIpc) is 3.23. The zero-order valence-electron chi connectivity index (χ0n) is 14.3. The summed E-state index contributed by atoms with van der Waals surface area (Å²) >= 11 is 0. The van der Waals surface area contributed by atoms with Crippen LogP contribution in [0, 0.1) is 0 Å². The van der Waals surface area contributed by atoms with E-state index in [2.05, 4.69) is 20.3 Å². The molecule has 27 heavy (non-hydrogen) atoms. The van der Waals surface area contributed by atoms with Crippen LogP contribution in [0.25, 0.3) is 11.2 Å². The van der Waals surface area contributed by atoms with Gasteiger partial charge in [0.1, 0.15) is 24.6 Å². The fourth-order valence-corrected chi connectivity index (χ4v) is 3.15. The number of imidazole rings is 1. The Bertz CT molecular complexity index is 948. The topological polar surface area (TPSA) is 152 Å². The van der Waals surface area contributed by atoms with Crippen molar-refractivity contribution < 1.29 is 20.1 Å². The fraction of sp³-hybridized carbons (Fsp3) is 0.353. The highest BCUT2D eigenvalue weighted by Crippen LogP contribution is 2.32. The van der Waals surface area contributed by atoms with E-state index >= 15 is 0 Å². The number of anilines is 2. The van der Waals surface area contributed by atoms with Crippen molar-refractivity contribution in [1.82, 2.24) is 19.5 Å². The summed E-state index contributed by atoms with van der Waals surface area (Å²) in [4.78, 5) is 12.8. The second-order valence-electron chi connectivity index (χ2n) is 6.33. The molecule has 0 aliphatic carbocycles. The van der Waals surface area contributed by atoms with Gasteiger partial charge < -0.3 is 31.1 Å². The van der Waals surface area contributed by atoms with E-state index in [1.54, 1.807) is 0 Å². The van der Waals surface area contributed by atoms with Gasteiger partial charge in [0.15, 0.2) is 23.2 Å². The van der Waals surface area contributed by atoms with E-state index < -0.39 is 31.1 Å². The maximum atomic E-state index is 10.2. The summed E-state index contributed by atoms with van der Waals surface area (Å²) in [5.41, 5.74) is 8.48. The number of aliphatic hydroxyl groups is 3. The van der Waals surface area contributed by atoms with E-state index in [0.29, 0.717) is 29.2 Å². The Morgan fingerprint density at radius 1 is 1.15 bits per heavy atom. The number of aromatic nitrogens is 4. The van der Waals surface area contributed by atoms with Gasteiger partial charge in [0.05, 0.1) is 12.9 Å². The number of benzene rings is 1. The lowest BCUT2D eigenvalue weighted by Gasteiger charge is -2.16. The minimum atomic E-state index is -1.21. The number of rotatable bonds is 5. The van der Waals surface area contributed by atoms with E-state index in [1.165, 1.54) is 17.2 Å². The van der Waals surface area contributed by atoms with Gasteiger partial charge in [-0.3, -0.25) is 4.57 Å². The standard InChI is InChI=1S/C17H20N6O4/c18-10-4-2-1-3-9(10)5-19-15-12-16(21-7-20-15)23(8-22-12)17-14(26)13(25)11(6-24)27-17/h1-4,7-8,11,13-14,17,24-26H,5-6,18H2,(H,19,20,21)/t11-,13-,14+,17?/m1/s1. The third-order valence-corrected chi connectivity index (χ3v) is 4.65. The molecule has 0 saturated carbocycles. The number of hydrogen-bond acceptors (Lipinski definition) is 9. The molecule has 6 N–H and O–H groups in total. The van der Waals surface area contributed by atoms with Crippen molar-refractivity contribution >= 4 is 22.7 Å². The van der Waals surface area contributed by atoms with Gasteiger partial charge in [-0.15, -0.1) is 0 Å². The van der Waals surface area contributed by atoms with E-state index in [0.717, 1.165) is 5.56 Å². The van der Waals surface area contributed by atoms with Crippen LogP contribution in [0.5, 0.6) is 0 Å². The van der Waals surface area contributed by atoms with E-state index in [1.807, 2.05) is 24.3 Å². The monoisotopic (exact) mass is 372 g/mol. The molecular formula is C17H20N6O4. The molecule has 1 aliphatic heterocycles. The summed E-state index contributed by atoms with van der Waals surface area (Å²) in [5, 5.41) is 32.6. The number of para-hydroxylation sites is 1. The van der Waals surface area contributed by atoms with Crippen LogP contribution in [0.1, 0.15) is 11.8 Å². The number of nitrogens with zero attached hydrogens (tertiary/aromatic N) is 4. The van der Waals surface area contributed by atoms with Gasteiger partial charge >= 0.3 is 0 Å². The van der Waals surface area contributed by atoms with Crippen molar-refractivity contribution in [2.24, 2.45) is 0 Å². The van der Waals surface area contributed by atoms with Crippen molar-refractivity contribution in [3.63, 3.8) is 0 Å². The van der Waals surface area contributed by atoms with Gasteiger partial charge in [0, 0.05) is 12.2 Å². The largest absolute Gasteiger partial charge is 0.398 e. The first-order valence-corrected chi connectivity index (χ1v) is 8.47. The molecule has 3 aromatic rings. The number of nitrogen functional groups attached to an aromatic ring is 1. The molecule has 2 aromatic heterocycles. The molecular weight excluding hydrogens is 352 g/mol. The fourth-order valence-electron chi connectivity index (χ4n) is 3.15. The molecule has 1 unspecified atom stereocenters. The quantitative estimate of drug-likeness (QED) is 0.378. The molecule has 10 nitrogen and oxygen atoms in total. The number of nitrogens with one attached hydrogen (secondary N) is 1. The normalized spacial score (nSPS) is 25.1. The number of ether oxygens (including phenoxy) is 1. The molecule has 0 amide bonds. The highest BCUT2D eigenvalue weighted by molar-refractivity contribution is 5.82. The van der Waals surface area contributed by atoms with Crippen molar-refractivity contribution in [3.8, 4) is 0 Å². The molecule has 1 saturated heterocycles. The van der Waals surface area contributed by atoms with Crippen LogP contribution in [0.2, 0.25) is 0 Å². The molecule has 1 fully saturated rings.